The van der Waals surface area contributed by atoms with E-state index in [9.17, 15) is 14.7 Å². The minimum absolute atomic E-state index is 0.102. The first kappa shape index (κ1) is 17.6. The van der Waals surface area contributed by atoms with Crippen molar-refractivity contribution < 1.29 is 19.4 Å². The van der Waals surface area contributed by atoms with Crippen LogP contribution in [0.4, 0.5) is 0 Å². The molecule has 1 aliphatic heterocycles. The van der Waals surface area contributed by atoms with Crippen molar-refractivity contribution in [1.82, 2.24) is 4.90 Å². The molecule has 1 aliphatic rings. The zero-order chi connectivity index (χ0) is 18.0. The summed E-state index contributed by atoms with van der Waals surface area (Å²) >= 11 is 1.40. The molecule has 6 heteroatoms. The number of hydrogen-bond donors (Lipinski definition) is 1. The van der Waals surface area contributed by atoms with Gasteiger partial charge < -0.3 is 14.7 Å². The van der Waals surface area contributed by atoms with Crippen molar-refractivity contribution in [1.29, 1.82) is 0 Å². The van der Waals surface area contributed by atoms with E-state index in [1.165, 1.54) is 11.3 Å². The van der Waals surface area contributed by atoms with Gasteiger partial charge in [0.1, 0.15) is 0 Å². The normalized spacial score (nSPS) is 20.0. The lowest BCUT2D eigenvalue weighted by atomic mass is 9.86. The van der Waals surface area contributed by atoms with Crippen LogP contribution in [-0.4, -0.2) is 42.1 Å². The van der Waals surface area contributed by atoms with Crippen LogP contribution in [-0.2, 0) is 16.1 Å². The number of carbonyl (C=O) groups excluding carboxylic acids is 1. The first-order chi connectivity index (χ1) is 12.0. The molecule has 2 atom stereocenters. The Morgan fingerprint density at radius 2 is 2.00 bits per heavy atom. The van der Waals surface area contributed by atoms with Gasteiger partial charge in [-0.05, 0) is 30.2 Å². The largest absolute Gasteiger partial charge is 0.481 e. The summed E-state index contributed by atoms with van der Waals surface area (Å²) in [6, 6.07) is 11.5. The highest BCUT2D eigenvalue weighted by molar-refractivity contribution is 7.14. The number of carbonyl (C=O) groups is 2. The van der Waals surface area contributed by atoms with E-state index in [1.807, 2.05) is 37.3 Å². The third kappa shape index (κ3) is 3.60. The molecule has 0 spiro atoms. The van der Waals surface area contributed by atoms with Crippen LogP contribution in [0.25, 0.3) is 0 Å². The molecule has 2 aromatic rings. The molecule has 0 radical (unpaired) electrons. The Hall–Kier alpha value is -2.18. The number of likely N-dealkylation sites (tertiary alicyclic amines) is 1. The van der Waals surface area contributed by atoms with Gasteiger partial charge in [-0.3, -0.25) is 9.59 Å². The van der Waals surface area contributed by atoms with Gasteiger partial charge in [-0.15, -0.1) is 11.3 Å². The second-order valence-corrected chi connectivity index (χ2v) is 7.49. The fraction of sp³-hybridized carbons (Fsp3) is 0.368. The average molecular weight is 359 g/mol. The molecule has 0 bridgehead atoms. The summed E-state index contributed by atoms with van der Waals surface area (Å²) in [7, 11) is 1.62. The van der Waals surface area contributed by atoms with E-state index in [2.05, 4.69) is 0 Å². The Morgan fingerprint density at radius 1 is 1.24 bits per heavy atom. The van der Waals surface area contributed by atoms with Gasteiger partial charge in [0.25, 0.3) is 5.91 Å². The van der Waals surface area contributed by atoms with Crippen molar-refractivity contribution in [3.8, 4) is 0 Å². The van der Waals surface area contributed by atoms with Crippen LogP contribution in [0, 0.1) is 12.8 Å². The highest BCUT2D eigenvalue weighted by Gasteiger charge is 2.41. The number of benzene rings is 1. The molecule has 1 N–H and O–H groups in total. The van der Waals surface area contributed by atoms with E-state index in [4.69, 9.17) is 4.74 Å². The van der Waals surface area contributed by atoms with Crippen LogP contribution >= 0.6 is 11.3 Å². The Labute approximate surface area is 150 Å². The van der Waals surface area contributed by atoms with E-state index >= 15 is 0 Å². The molecule has 3 rings (SSSR count). The molecule has 1 fully saturated rings. The molecule has 1 aromatic heterocycles. The van der Waals surface area contributed by atoms with Gasteiger partial charge in [0.05, 0.1) is 17.4 Å². The van der Waals surface area contributed by atoms with Gasteiger partial charge >= 0.3 is 5.97 Å². The maximum Gasteiger partial charge on any atom is 0.308 e. The topological polar surface area (TPSA) is 66.8 Å². The number of thiophene rings is 1. The lowest BCUT2D eigenvalue weighted by Gasteiger charge is -2.17. The number of carboxylic acids is 1. The summed E-state index contributed by atoms with van der Waals surface area (Å²) in [5, 5.41) is 9.63. The van der Waals surface area contributed by atoms with Gasteiger partial charge in [0.15, 0.2) is 0 Å². The first-order valence-electron chi connectivity index (χ1n) is 8.16. The molecule has 0 aliphatic carbocycles. The zero-order valence-corrected chi connectivity index (χ0v) is 15.1. The summed E-state index contributed by atoms with van der Waals surface area (Å²) in [6.07, 6.45) is 0. The number of ether oxygens (including phenoxy) is 1. The zero-order valence-electron chi connectivity index (χ0n) is 14.3. The molecule has 2 heterocycles. The smallest absolute Gasteiger partial charge is 0.308 e. The van der Waals surface area contributed by atoms with E-state index < -0.39 is 11.9 Å². The highest BCUT2D eigenvalue weighted by atomic mass is 32.1. The lowest BCUT2D eigenvalue weighted by molar-refractivity contribution is -0.141. The number of methoxy groups -OCH3 is 1. The number of nitrogens with zero attached hydrogens (tertiary/aromatic N) is 1. The van der Waals surface area contributed by atoms with E-state index in [0.29, 0.717) is 18.0 Å². The minimum Gasteiger partial charge on any atom is -0.481 e. The van der Waals surface area contributed by atoms with Crippen LogP contribution < -0.4 is 0 Å². The number of rotatable bonds is 5. The van der Waals surface area contributed by atoms with E-state index in [0.717, 1.165) is 16.0 Å². The predicted octanol–water partition coefficient (Wildman–Crippen LogP) is 3.14. The minimum atomic E-state index is -0.852. The lowest BCUT2D eigenvalue weighted by Crippen LogP contribution is -2.29. The standard InChI is InChI=1S/C19H21NO4S/c1-12-5-3-4-6-14(12)15-9-20(10-16(15)19(22)23)18(21)17-8-7-13(25-17)11-24-2/h3-8,15-16H,9-11H2,1-2H3,(H,22,23)/t15-,16+/m1/s1. The third-order valence-corrected chi connectivity index (χ3v) is 5.72. The first-order valence-corrected chi connectivity index (χ1v) is 8.98. The van der Waals surface area contributed by atoms with Crippen molar-refractivity contribution in [2.75, 3.05) is 20.2 Å². The number of aryl methyl sites for hydroxylation is 1. The molecule has 0 unspecified atom stereocenters. The summed E-state index contributed by atoms with van der Waals surface area (Å²) in [5.74, 6) is -1.71. The number of aliphatic carboxylic acids is 1. The Bertz CT molecular complexity index is 785. The van der Waals surface area contributed by atoms with Gasteiger partial charge in [-0.1, -0.05) is 24.3 Å². The monoisotopic (exact) mass is 359 g/mol. The predicted molar refractivity (Wildman–Crippen MR) is 96.0 cm³/mol. The summed E-state index contributed by atoms with van der Waals surface area (Å²) in [4.78, 5) is 27.8. The van der Waals surface area contributed by atoms with Gasteiger partial charge in [-0.25, -0.2) is 0 Å². The van der Waals surface area contributed by atoms with E-state index in [1.54, 1.807) is 18.1 Å². The van der Waals surface area contributed by atoms with Crippen LogP contribution in [0.5, 0.6) is 0 Å². The fourth-order valence-electron chi connectivity index (χ4n) is 3.41. The van der Waals surface area contributed by atoms with Crippen molar-refractivity contribution in [2.45, 2.75) is 19.4 Å². The SMILES string of the molecule is COCc1ccc(C(=O)N2C[C@H](C(=O)O)[C@@H](c3ccccc3C)C2)s1. The molecule has 25 heavy (non-hydrogen) atoms. The Morgan fingerprint density at radius 3 is 2.68 bits per heavy atom. The second-order valence-electron chi connectivity index (χ2n) is 6.32. The Balaban J connectivity index is 1.83. The molecular formula is C19H21NO4S. The number of carboxylic acid groups (broad SMARTS) is 1. The number of amides is 1. The van der Waals surface area contributed by atoms with Crippen molar-refractivity contribution in [3.05, 3.63) is 57.3 Å². The molecule has 1 saturated heterocycles. The molecule has 132 valence electrons. The van der Waals surface area contributed by atoms with E-state index in [-0.39, 0.29) is 18.4 Å². The fourth-order valence-corrected chi connectivity index (χ4v) is 4.35. The van der Waals surface area contributed by atoms with Gasteiger partial charge in [0.2, 0.25) is 0 Å². The van der Waals surface area contributed by atoms with Crippen molar-refractivity contribution >= 4 is 23.2 Å². The van der Waals surface area contributed by atoms with Crippen LogP contribution in [0.15, 0.2) is 36.4 Å². The highest BCUT2D eigenvalue weighted by Crippen LogP contribution is 2.35. The van der Waals surface area contributed by atoms with Crippen LogP contribution in [0.3, 0.4) is 0 Å². The molecule has 1 amide bonds. The third-order valence-electron chi connectivity index (χ3n) is 4.67. The van der Waals surface area contributed by atoms with Crippen molar-refractivity contribution in [3.63, 3.8) is 0 Å². The maximum absolute atomic E-state index is 12.8. The van der Waals surface area contributed by atoms with Crippen molar-refractivity contribution in [2.24, 2.45) is 5.92 Å². The van der Waals surface area contributed by atoms with Crippen LogP contribution in [0.2, 0.25) is 0 Å². The Kier molecular flexibility index (Phi) is 5.20. The molecule has 5 nitrogen and oxygen atoms in total. The van der Waals surface area contributed by atoms with Gasteiger partial charge in [-0.2, -0.15) is 0 Å². The van der Waals surface area contributed by atoms with Gasteiger partial charge in [0, 0.05) is 31.0 Å². The average Bonchev–Trinajstić information content (AvgIpc) is 3.22. The quantitative estimate of drug-likeness (QED) is 0.891. The summed E-state index contributed by atoms with van der Waals surface area (Å²) in [5.41, 5.74) is 2.07. The molecule has 0 saturated carbocycles. The molecular weight excluding hydrogens is 338 g/mol. The maximum atomic E-state index is 12.8. The second kappa shape index (κ2) is 7.37. The molecule has 1 aromatic carbocycles. The summed E-state index contributed by atoms with van der Waals surface area (Å²) in [6.45, 7) is 3.12. The number of hydrogen-bond acceptors (Lipinski definition) is 4. The van der Waals surface area contributed by atoms with Crippen LogP contribution in [0.1, 0.15) is 31.6 Å². The summed E-state index contributed by atoms with van der Waals surface area (Å²) < 4.78 is 5.09.